The van der Waals surface area contributed by atoms with Crippen molar-refractivity contribution in [2.75, 3.05) is 31.6 Å². The number of allylic oxidation sites excluding steroid dienone is 1. The van der Waals surface area contributed by atoms with Crippen LogP contribution in [0.25, 0.3) is 11.1 Å². The molecule has 4 fully saturated rings. The first-order valence-corrected chi connectivity index (χ1v) is 10.7. The predicted molar refractivity (Wildman–Crippen MR) is 108 cm³/mol. The number of anilines is 1. The number of fused-ring (bicyclic) bond motifs is 3. The average molecular weight is 367 g/mol. The molecule has 136 valence electrons. The van der Waals surface area contributed by atoms with Crippen molar-refractivity contribution in [2.45, 2.75) is 32.1 Å². The van der Waals surface area contributed by atoms with Crippen molar-refractivity contribution in [3.63, 3.8) is 0 Å². The summed E-state index contributed by atoms with van der Waals surface area (Å²) in [6.45, 7) is 4.64. The highest BCUT2D eigenvalue weighted by Gasteiger charge is 2.40. The van der Waals surface area contributed by atoms with Crippen LogP contribution in [0.2, 0.25) is 0 Å². The lowest BCUT2D eigenvalue weighted by Crippen LogP contribution is -2.50. The Hall–Kier alpha value is -1.78. The van der Waals surface area contributed by atoms with Gasteiger partial charge in [-0.1, -0.05) is 30.3 Å². The quantitative estimate of drug-likeness (QED) is 0.699. The number of nitrogens with one attached hydrogen (secondary N) is 1. The Morgan fingerprint density at radius 1 is 1.04 bits per heavy atom. The summed E-state index contributed by atoms with van der Waals surface area (Å²) in [6, 6.07) is 10.6. The highest BCUT2D eigenvalue weighted by Crippen LogP contribution is 2.42. The molecule has 1 N–H and O–H groups in total. The first-order chi connectivity index (χ1) is 12.8. The molecule has 0 spiro atoms. The first-order valence-electron chi connectivity index (χ1n) is 9.77. The fraction of sp³-hybridized carbons (Fsp3) is 0.455. The fourth-order valence-corrected chi connectivity index (χ4v) is 5.00. The molecule has 1 saturated carbocycles. The van der Waals surface area contributed by atoms with E-state index in [4.69, 9.17) is 4.74 Å². The number of thiophene rings is 1. The highest BCUT2D eigenvalue weighted by atomic mass is 32.1. The van der Waals surface area contributed by atoms with Crippen LogP contribution in [-0.4, -0.2) is 31.1 Å². The minimum atomic E-state index is 0.411. The van der Waals surface area contributed by atoms with Crippen LogP contribution in [0.15, 0.2) is 52.5 Å². The molecule has 3 nitrogen and oxygen atoms in total. The van der Waals surface area contributed by atoms with Crippen molar-refractivity contribution >= 4 is 17.0 Å². The summed E-state index contributed by atoms with van der Waals surface area (Å²) >= 11 is 1.75. The Labute approximate surface area is 159 Å². The van der Waals surface area contributed by atoms with Crippen LogP contribution < -0.4 is 5.32 Å². The predicted octanol–water partition coefficient (Wildman–Crippen LogP) is 5.33. The Kier molecular flexibility index (Phi) is 4.26. The summed E-state index contributed by atoms with van der Waals surface area (Å²) in [5, 5.41) is 8.06. The van der Waals surface area contributed by atoms with Gasteiger partial charge in [0.15, 0.2) is 5.88 Å². The second-order valence-corrected chi connectivity index (χ2v) is 8.75. The molecule has 4 heteroatoms. The molecule has 1 aromatic carbocycles. The van der Waals surface area contributed by atoms with Gasteiger partial charge in [0.1, 0.15) is 0 Å². The average Bonchev–Trinajstić information content (AvgIpc) is 3.45. The molecule has 4 aliphatic rings. The maximum absolute atomic E-state index is 6.44. The molecule has 3 saturated heterocycles. The second-order valence-electron chi connectivity index (χ2n) is 8.00. The van der Waals surface area contributed by atoms with E-state index in [0.29, 0.717) is 5.41 Å². The number of rotatable bonds is 6. The van der Waals surface area contributed by atoms with Crippen molar-refractivity contribution in [3.05, 3.63) is 52.5 Å². The van der Waals surface area contributed by atoms with Gasteiger partial charge in [0.25, 0.3) is 0 Å². The lowest BCUT2D eigenvalue weighted by molar-refractivity contribution is -0.0250. The van der Waals surface area contributed by atoms with Crippen LogP contribution in [0.4, 0.5) is 5.69 Å². The molecule has 0 radical (unpaired) electrons. The van der Waals surface area contributed by atoms with E-state index in [1.165, 1.54) is 74.1 Å². The minimum Gasteiger partial charge on any atom is -0.478 e. The first kappa shape index (κ1) is 16.4. The van der Waals surface area contributed by atoms with Gasteiger partial charge in [-0.2, -0.15) is 0 Å². The van der Waals surface area contributed by atoms with E-state index in [1.54, 1.807) is 11.3 Å². The Bertz CT molecular complexity index is 783. The number of piperidine rings is 3. The normalized spacial score (nSPS) is 26.6. The van der Waals surface area contributed by atoms with E-state index in [2.05, 4.69) is 51.3 Å². The molecule has 0 amide bonds. The van der Waals surface area contributed by atoms with Crippen molar-refractivity contribution in [2.24, 2.45) is 5.41 Å². The summed E-state index contributed by atoms with van der Waals surface area (Å²) in [5.74, 6) is 1.03. The molecule has 26 heavy (non-hydrogen) atoms. The Balaban J connectivity index is 1.31. The molecule has 2 aromatic rings. The van der Waals surface area contributed by atoms with Gasteiger partial charge < -0.3 is 15.0 Å². The number of benzene rings is 1. The summed E-state index contributed by atoms with van der Waals surface area (Å²) in [7, 11) is 0. The topological polar surface area (TPSA) is 24.5 Å². The maximum Gasteiger partial charge on any atom is 0.190 e. The molecule has 3 aliphatic heterocycles. The number of nitrogens with zero attached hydrogens (tertiary/aromatic N) is 1. The lowest BCUT2D eigenvalue weighted by Gasteiger charge is -2.48. The van der Waals surface area contributed by atoms with Gasteiger partial charge >= 0.3 is 0 Å². The maximum atomic E-state index is 6.44. The third-order valence-electron chi connectivity index (χ3n) is 6.21. The van der Waals surface area contributed by atoms with Gasteiger partial charge in [-0.3, -0.25) is 0 Å². The number of hydrogen-bond donors (Lipinski definition) is 1. The molecular weight excluding hydrogens is 340 g/mol. The van der Waals surface area contributed by atoms with Gasteiger partial charge in [0.2, 0.25) is 0 Å². The van der Waals surface area contributed by atoms with Crippen LogP contribution in [0.3, 0.4) is 0 Å². The summed E-state index contributed by atoms with van der Waals surface area (Å²) < 4.78 is 6.44. The van der Waals surface area contributed by atoms with Crippen molar-refractivity contribution < 1.29 is 4.74 Å². The van der Waals surface area contributed by atoms with E-state index in [0.717, 1.165) is 12.5 Å². The largest absolute Gasteiger partial charge is 0.478 e. The van der Waals surface area contributed by atoms with Gasteiger partial charge in [-0.25, -0.2) is 0 Å². The summed E-state index contributed by atoms with van der Waals surface area (Å²) in [6.07, 6.45) is 6.23. The van der Waals surface area contributed by atoms with Crippen molar-refractivity contribution in [1.82, 2.24) is 4.90 Å². The van der Waals surface area contributed by atoms with Crippen molar-refractivity contribution in [3.8, 4) is 11.1 Å². The molecule has 0 atom stereocenters. The molecule has 4 heterocycles. The number of ether oxygens (including phenoxy) is 1. The monoisotopic (exact) mass is 366 g/mol. The van der Waals surface area contributed by atoms with Gasteiger partial charge in [0, 0.05) is 21.7 Å². The molecular formula is C22H26N2OS. The highest BCUT2D eigenvalue weighted by molar-refractivity contribution is 7.08. The van der Waals surface area contributed by atoms with Crippen LogP contribution in [0.1, 0.15) is 32.1 Å². The van der Waals surface area contributed by atoms with Crippen LogP contribution in [0.5, 0.6) is 0 Å². The van der Waals surface area contributed by atoms with Crippen LogP contribution in [-0.2, 0) is 4.74 Å². The van der Waals surface area contributed by atoms with Gasteiger partial charge in [-0.05, 0) is 62.9 Å². The van der Waals surface area contributed by atoms with Crippen molar-refractivity contribution in [1.29, 1.82) is 0 Å². The molecule has 6 rings (SSSR count). The molecule has 0 unspecified atom stereocenters. The van der Waals surface area contributed by atoms with E-state index in [-0.39, 0.29) is 0 Å². The summed E-state index contributed by atoms with van der Waals surface area (Å²) in [4.78, 5) is 2.60. The Morgan fingerprint density at radius 3 is 2.46 bits per heavy atom. The van der Waals surface area contributed by atoms with Crippen LogP contribution in [0, 0.1) is 5.41 Å². The van der Waals surface area contributed by atoms with E-state index >= 15 is 0 Å². The molecule has 1 aromatic heterocycles. The zero-order chi connectivity index (χ0) is 17.4. The molecule has 1 aliphatic carbocycles. The third-order valence-corrected chi connectivity index (χ3v) is 6.96. The zero-order valence-corrected chi connectivity index (χ0v) is 16.0. The van der Waals surface area contributed by atoms with E-state index < -0.39 is 0 Å². The van der Waals surface area contributed by atoms with Gasteiger partial charge in [0.05, 0.1) is 12.3 Å². The van der Waals surface area contributed by atoms with E-state index in [1.807, 2.05) is 0 Å². The smallest absolute Gasteiger partial charge is 0.190 e. The molecule has 2 bridgehead atoms. The zero-order valence-electron chi connectivity index (χ0n) is 15.2. The lowest BCUT2D eigenvalue weighted by atomic mass is 9.73. The minimum absolute atomic E-state index is 0.411. The number of hydrogen-bond acceptors (Lipinski definition) is 4. The van der Waals surface area contributed by atoms with Gasteiger partial charge in [-0.15, -0.1) is 11.3 Å². The SMILES string of the molecule is c1ccc(-c2cscc2NC(OCC23CCN(CC2)CC3)=C2CC2)cc1. The second kappa shape index (κ2) is 6.75. The fourth-order valence-electron chi connectivity index (χ4n) is 4.21. The summed E-state index contributed by atoms with van der Waals surface area (Å²) in [5.41, 5.74) is 5.55. The Morgan fingerprint density at radius 2 is 1.77 bits per heavy atom. The van der Waals surface area contributed by atoms with Crippen LogP contribution >= 0.6 is 11.3 Å². The standard InChI is InChI=1S/C22H26N2OS/c1-2-4-17(5-3-1)19-14-26-15-20(19)23-21(18-6-7-18)25-16-22-8-11-24(12-9-22)13-10-22/h1-5,14-15,23H,6-13,16H2. The van der Waals surface area contributed by atoms with E-state index in [9.17, 15) is 0 Å². The third kappa shape index (κ3) is 3.28.